The fraction of sp³-hybridized carbons (Fsp3) is 0.875. The number of carbonyl (C=O) groups is 1. The van der Waals surface area contributed by atoms with Gasteiger partial charge in [-0.25, -0.2) is 8.78 Å². The summed E-state index contributed by atoms with van der Waals surface area (Å²) in [5.74, 6) is -3.68. The van der Waals surface area contributed by atoms with Gasteiger partial charge in [-0.15, -0.1) is 0 Å². The monoisotopic (exact) mass is 208 g/mol. The third-order valence-corrected chi connectivity index (χ3v) is 2.23. The number of aliphatic hydroxyl groups is 1. The Morgan fingerprint density at radius 2 is 2.29 bits per heavy atom. The average molecular weight is 208 g/mol. The zero-order chi connectivity index (χ0) is 10.8. The van der Waals surface area contributed by atoms with Crippen molar-refractivity contribution < 1.29 is 18.7 Å². The van der Waals surface area contributed by atoms with Crippen molar-refractivity contribution in [1.82, 2.24) is 4.90 Å². The van der Waals surface area contributed by atoms with Gasteiger partial charge in [0.05, 0.1) is 12.6 Å². The molecule has 3 N–H and O–H groups in total. The molecule has 0 aliphatic carbocycles. The molecule has 1 rings (SSSR count). The van der Waals surface area contributed by atoms with Gasteiger partial charge in [0.25, 0.3) is 5.92 Å². The second-order valence-electron chi connectivity index (χ2n) is 3.52. The maximum atomic E-state index is 12.8. The first kappa shape index (κ1) is 11.3. The van der Waals surface area contributed by atoms with Gasteiger partial charge in [-0.2, -0.15) is 0 Å². The quantitative estimate of drug-likeness (QED) is 0.661. The van der Waals surface area contributed by atoms with E-state index in [9.17, 15) is 13.6 Å². The van der Waals surface area contributed by atoms with Gasteiger partial charge >= 0.3 is 0 Å². The number of piperidine rings is 1. The predicted octanol–water partition coefficient (Wildman–Crippen LogP) is -0.436. The molecule has 6 heteroatoms. The second-order valence-corrected chi connectivity index (χ2v) is 3.52. The summed E-state index contributed by atoms with van der Waals surface area (Å²) < 4.78 is 25.5. The molecule has 1 unspecified atom stereocenters. The van der Waals surface area contributed by atoms with Crippen molar-refractivity contribution >= 4 is 5.91 Å². The Kier molecular flexibility index (Phi) is 3.38. The molecule has 1 fully saturated rings. The summed E-state index contributed by atoms with van der Waals surface area (Å²) in [6.07, 6.45) is 1.18. The molecule has 14 heavy (non-hydrogen) atoms. The van der Waals surface area contributed by atoms with Crippen LogP contribution < -0.4 is 5.73 Å². The van der Waals surface area contributed by atoms with Gasteiger partial charge in [0.1, 0.15) is 6.61 Å². The number of nitrogens with zero attached hydrogens (tertiary/aromatic N) is 1. The molecule has 1 heterocycles. The summed E-state index contributed by atoms with van der Waals surface area (Å²) in [5, 5.41) is 8.36. The van der Waals surface area contributed by atoms with Crippen LogP contribution in [0.25, 0.3) is 0 Å². The topological polar surface area (TPSA) is 66.6 Å². The third kappa shape index (κ3) is 2.62. The SMILES string of the molecule is NC1CCCN(CC(F)(F)CO)C1=O. The highest BCUT2D eigenvalue weighted by Crippen LogP contribution is 2.18. The predicted molar refractivity (Wildman–Crippen MR) is 45.8 cm³/mol. The van der Waals surface area contributed by atoms with E-state index in [1.165, 1.54) is 0 Å². The zero-order valence-corrected chi connectivity index (χ0v) is 7.75. The van der Waals surface area contributed by atoms with Crippen molar-refractivity contribution in [2.45, 2.75) is 24.8 Å². The average Bonchev–Trinajstić information content (AvgIpc) is 2.13. The normalized spacial score (nSPS) is 24.1. The van der Waals surface area contributed by atoms with Crippen molar-refractivity contribution in [2.75, 3.05) is 19.7 Å². The second kappa shape index (κ2) is 4.18. The van der Waals surface area contributed by atoms with Gasteiger partial charge in [-0.1, -0.05) is 0 Å². The van der Waals surface area contributed by atoms with Crippen LogP contribution in [0, 0.1) is 0 Å². The first-order valence-corrected chi connectivity index (χ1v) is 4.49. The van der Waals surface area contributed by atoms with Gasteiger partial charge in [0.2, 0.25) is 5.91 Å². The van der Waals surface area contributed by atoms with Crippen LogP contribution in [0.15, 0.2) is 0 Å². The lowest BCUT2D eigenvalue weighted by Crippen LogP contribution is -2.52. The molecule has 1 aliphatic rings. The molecule has 0 bridgehead atoms. The third-order valence-electron chi connectivity index (χ3n) is 2.23. The Hall–Kier alpha value is -0.750. The van der Waals surface area contributed by atoms with E-state index in [0.29, 0.717) is 19.4 Å². The van der Waals surface area contributed by atoms with E-state index in [2.05, 4.69) is 0 Å². The van der Waals surface area contributed by atoms with Gasteiger partial charge in [-0.3, -0.25) is 4.79 Å². The number of nitrogens with two attached hydrogens (primary N) is 1. The number of amides is 1. The Labute approximate surface area is 80.7 Å². The Balaban J connectivity index is 2.55. The number of carbonyl (C=O) groups excluding carboxylic acids is 1. The maximum absolute atomic E-state index is 12.8. The minimum Gasteiger partial charge on any atom is -0.390 e. The summed E-state index contributed by atoms with van der Waals surface area (Å²) in [6.45, 7) is -1.69. The Morgan fingerprint density at radius 3 is 2.86 bits per heavy atom. The van der Waals surface area contributed by atoms with Gasteiger partial charge in [-0.05, 0) is 12.8 Å². The molecule has 1 amide bonds. The molecule has 0 aromatic heterocycles. The largest absolute Gasteiger partial charge is 0.390 e. The van der Waals surface area contributed by atoms with Crippen LogP contribution in [-0.2, 0) is 4.79 Å². The zero-order valence-electron chi connectivity index (χ0n) is 7.75. The molecule has 0 spiro atoms. The van der Waals surface area contributed by atoms with E-state index in [0.717, 1.165) is 4.90 Å². The molecule has 0 aromatic rings. The molecule has 0 radical (unpaired) electrons. The lowest BCUT2D eigenvalue weighted by atomic mass is 10.1. The minimum atomic E-state index is -3.23. The fourth-order valence-electron chi connectivity index (χ4n) is 1.46. The molecule has 0 saturated carbocycles. The fourth-order valence-corrected chi connectivity index (χ4v) is 1.46. The van der Waals surface area contributed by atoms with Crippen molar-refractivity contribution in [2.24, 2.45) is 5.73 Å². The Morgan fingerprint density at radius 1 is 1.64 bits per heavy atom. The van der Waals surface area contributed by atoms with Gasteiger partial charge in [0, 0.05) is 6.54 Å². The summed E-state index contributed by atoms with van der Waals surface area (Å²) in [4.78, 5) is 12.3. The van der Waals surface area contributed by atoms with E-state index in [1.807, 2.05) is 0 Å². The van der Waals surface area contributed by atoms with Crippen LogP contribution in [0.2, 0.25) is 0 Å². The van der Waals surface area contributed by atoms with Crippen LogP contribution in [0.4, 0.5) is 8.78 Å². The van der Waals surface area contributed by atoms with E-state index in [-0.39, 0.29) is 0 Å². The van der Waals surface area contributed by atoms with E-state index < -0.39 is 31.0 Å². The molecule has 1 aliphatic heterocycles. The smallest absolute Gasteiger partial charge is 0.287 e. The Bertz CT molecular complexity index is 223. The number of halogens is 2. The first-order valence-electron chi connectivity index (χ1n) is 4.49. The lowest BCUT2D eigenvalue weighted by molar-refractivity contribution is -0.143. The number of likely N-dealkylation sites (tertiary alicyclic amines) is 1. The van der Waals surface area contributed by atoms with Crippen molar-refractivity contribution in [1.29, 1.82) is 0 Å². The van der Waals surface area contributed by atoms with Crippen LogP contribution in [0.1, 0.15) is 12.8 Å². The van der Waals surface area contributed by atoms with Gasteiger partial charge < -0.3 is 15.7 Å². The number of aliphatic hydroxyl groups excluding tert-OH is 1. The highest BCUT2D eigenvalue weighted by molar-refractivity contribution is 5.82. The molecule has 0 aromatic carbocycles. The molecule has 4 nitrogen and oxygen atoms in total. The van der Waals surface area contributed by atoms with Crippen molar-refractivity contribution in [3.8, 4) is 0 Å². The molecule has 82 valence electrons. The molecule has 1 saturated heterocycles. The van der Waals surface area contributed by atoms with Gasteiger partial charge in [0.15, 0.2) is 0 Å². The van der Waals surface area contributed by atoms with Crippen molar-refractivity contribution in [3.63, 3.8) is 0 Å². The number of rotatable bonds is 3. The van der Waals surface area contributed by atoms with Crippen LogP contribution in [-0.4, -0.2) is 47.6 Å². The van der Waals surface area contributed by atoms with Crippen LogP contribution in [0.5, 0.6) is 0 Å². The van der Waals surface area contributed by atoms with E-state index in [1.54, 1.807) is 0 Å². The number of alkyl halides is 2. The first-order chi connectivity index (χ1) is 6.46. The van der Waals surface area contributed by atoms with E-state index in [4.69, 9.17) is 10.8 Å². The van der Waals surface area contributed by atoms with Crippen molar-refractivity contribution in [3.05, 3.63) is 0 Å². The van der Waals surface area contributed by atoms with Crippen LogP contribution >= 0.6 is 0 Å². The highest BCUT2D eigenvalue weighted by atomic mass is 19.3. The number of hydrogen-bond acceptors (Lipinski definition) is 3. The minimum absolute atomic E-state index is 0.294. The van der Waals surface area contributed by atoms with E-state index >= 15 is 0 Å². The standard InChI is InChI=1S/C8H14F2N2O2/c9-8(10,5-13)4-12-3-1-2-6(11)7(12)14/h6,13H,1-5,11H2. The maximum Gasteiger partial charge on any atom is 0.287 e. The summed E-state index contributed by atoms with van der Waals surface area (Å²) in [6, 6.07) is -0.668. The number of hydrogen-bond donors (Lipinski definition) is 2. The summed E-state index contributed by atoms with van der Waals surface area (Å²) >= 11 is 0. The molecular weight excluding hydrogens is 194 g/mol. The molecule has 1 atom stereocenters. The highest BCUT2D eigenvalue weighted by Gasteiger charge is 2.35. The summed E-state index contributed by atoms with van der Waals surface area (Å²) in [7, 11) is 0. The molecular formula is C8H14F2N2O2. The lowest BCUT2D eigenvalue weighted by Gasteiger charge is -2.32. The van der Waals surface area contributed by atoms with Crippen LogP contribution in [0.3, 0.4) is 0 Å². The summed E-state index contributed by atoms with van der Waals surface area (Å²) in [5.41, 5.74) is 5.43.